The Balaban J connectivity index is 2.01. The molecule has 2 rings (SSSR count). The summed E-state index contributed by atoms with van der Waals surface area (Å²) in [6.07, 6.45) is 3.39. The molecule has 1 aliphatic rings. The van der Waals surface area contributed by atoms with Gasteiger partial charge in [-0.1, -0.05) is 11.8 Å². The number of amides is 1. The number of thioether (sulfide) groups is 1. The Bertz CT molecular complexity index is 492. The fraction of sp³-hybridized carbons (Fsp3) is 0.786. The van der Waals surface area contributed by atoms with E-state index in [1.54, 1.807) is 0 Å². The number of carbonyl (C=O) groups excluding carboxylic acids is 1. The first-order chi connectivity index (χ1) is 9.91. The Labute approximate surface area is 130 Å². The Morgan fingerprint density at radius 2 is 1.95 bits per heavy atom. The number of hydrogen-bond acceptors (Lipinski definition) is 5. The summed E-state index contributed by atoms with van der Waals surface area (Å²) in [5, 5.41) is 8.69. The zero-order valence-electron chi connectivity index (χ0n) is 13.2. The summed E-state index contributed by atoms with van der Waals surface area (Å²) in [6.45, 7) is 8.32. The number of piperidine rings is 1. The number of rotatable bonds is 4. The molecule has 0 spiro atoms. The minimum atomic E-state index is 0.177. The molecule has 1 saturated heterocycles. The summed E-state index contributed by atoms with van der Waals surface area (Å²) < 4.78 is 1.86. The van der Waals surface area contributed by atoms with Crippen molar-refractivity contribution < 1.29 is 4.79 Å². The number of nitrogen functional groups attached to an aromatic ring is 1. The lowest BCUT2D eigenvalue weighted by molar-refractivity contribution is -0.134. The number of aromatic nitrogens is 3. The van der Waals surface area contributed by atoms with Crippen molar-refractivity contribution in [2.45, 2.75) is 70.2 Å². The van der Waals surface area contributed by atoms with Gasteiger partial charge in [0.05, 0.1) is 5.75 Å². The van der Waals surface area contributed by atoms with Gasteiger partial charge in [-0.3, -0.25) is 9.36 Å². The maximum atomic E-state index is 12.5. The molecule has 7 heteroatoms. The van der Waals surface area contributed by atoms with Gasteiger partial charge >= 0.3 is 0 Å². The lowest BCUT2D eigenvalue weighted by Crippen LogP contribution is -2.48. The van der Waals surface area contributed by atoms with Crippen LogP contribution < -0.4 is 5.73 Å². The van der Waals surface area contributed by atoms with Crippen molar-refractivity contribution in [2.24, 2.45) is 0 Å². The first-order valence-electron chi connectivity index (χ1n) is 7.56. The summed E-state index contributed by atoms with van der Waals surface area (Å²) in [5.41, 5.74) is 5.82. The van der Waals surface area contributed by atoms with E-state index in [0.29, 0.717) is 28.9 Å². The van der Waals surface area contributed by atoms with E-state index in [9.17, 15) is 4.79 Å². The summed E-state index contributed by atoms with van der Waals surface area (Å²) in [7, 11) is 0. The molecule has 1 fully saturated rings. The van der Waals surface area contributed by atoms with Gasteiger partial charge in [0.2, 0.25) is 11.9 Å². The minimum absolute atomic E-state index is 0.177. The fourth-order valence-corrected chi connectivity index (χ4v) is 3.93. The SMILES string of the molecule is CC1CCCC(C)N1C(=O)CSc1nnc(N)n1C(C)C. The monoisotopic (exact) mass is 311 g/mol. The molecule has 0 radical (unpaired) electrons. The van der Waals surface area contributed by atoms with Crippen LogP contribution in [0.2, 0.25) is 0 Å². The molecular weight excluding hydrogens is 286 g/mol. The zero-order chi connectivity index (χ0) is 15.6. The van der Waals surface area contributed by atoms with Crippen LogP contribution >= 0.6 is 11.8 Å². The van der Waals surface area contributed by atoms with Crippen molar-refractivity contribution in [1.29, 1.82) is 0 Å². The van der Waals surface area contributed by atoms with Gasteiger partial charge in [-0.25, -0.2) is 0 Å². The number of nitrogens with zero attached hydrogens (tertiary/aromatic N) is 4. The largest absolute Gasteiger partial charge is 0.368 e. The van der Waals surface area contributed by atoms with Crippen molar-refractivity contribution in [2.75, 3.05) is 11.5 Å². The van der Waals surface area contributed by atoms with Gasteiger partial charge in [0, 0.05) is 18.1 Å². The van der Waals surface area contributed by atoms with E-state index in [2.05, 4.69) is 24.0 Å². The van der Waals surface area contributed by atoms with Gasteiger partial charge in [-0.05, 0) is 47.0 Å². The van der Waals surface area contributed by atoms with Gasteiger partial charge in [0.25, 0.3) is 0 Å². The molecule has 0 saturated carbocycles. The highest BCUT2D eigenvalue weighted by Crippen LogP contribution is 2.26. The van der Waals surface area contributed by atoms with Crippen LogP contribution in [0.3, 0.4) is 0 Å². The van der Waals surface area contributed by atoms with Crippen LogP contribution in [0.15, 0.2) is 5.16 Å². The molecule has 2 unspecified atom stereocenters. The Morgan fingerprint density at radius 1 is 1.33 bits per heavy atom. The molecule has 0 aliphatic carbocycles. The molecule has 1 aliphatic heterocycles. The quantitative estimate of drug-likeness (QED) is 0.864. The van der Waals surface area contributed by atoms with Crippen LogP contribution in [0.1, 0.15) is 53.0 Å². The Hall–Kier alpha value is -1.24. The molecule has 21 heavy (non-hydrogen) atoms. The molecule has 2 heterocycles. The summed E-state index contributed by atoms with van der Waals surface area (Å²) in [6, 6.07) is 0.843. The van der Waals surface area contributed by atoms with Crippen LogP contribution in [0.4, 0.5) is 5.95 Å². The normalized spacial score (nSPS) is 22.8. The van der Waals surface area contributed by atoms with E-state index in [-0.39, 0.29) is 11.9 Å². The fourth-order valence-electron chi connectivity index (χ4n) is 2.99. The van der Waals surface area contributed by atoms with Crippen LogP contribution in [0.25, 0.3) is 0 Å². The maximum absolute atomic E-state index is 12.5. The summed E-state index contributed by atoms with van der Waals surface area (Å²) in [5.74, 6) is 0.968. The smallest absolute Gasteiger partial charge is 0.233 e. The first-order valence-corrected chi connectivity index (χ1v) is 8.54. The molecule has 2 N–H and O–H groups in total. The van der Waals surface area contributed by atoms with Crippen LogP contribution in [-0.2, 0) is 4.79 Å². The second-order valence-corrected chi connectivity index (χ2v) is 6.97. The topological polar surface area (TPSA) is 77.0 Å². The molecule has 2 atom stereocenters. The second-order valence-electron chi connectivity index (χ2n) is 6.02. The van der Waals surface area contributed by atoms with Crippen LogP contribution in [-0.4, -0.2) is 43.4 Å². The van der Waals surface area contributed by atoms with E-state index >= 15 is 0 Å². The highest BCUT2D eigenvalue weighted by atomic mass is 32.2. The predicted octanol–water partition coefficient (Wildman–Crippen LogP) is 2.32. The second kappa shape index (κ2) is 6.68. The van der Waals surface area contributed by atoms with Crippen LogP contribution in [0.5, 0.6) is 0 Å². The third-order valence-corrected chi connectivity index (χ3v) is 4.94. The molecular formula is C14H25N5OS. The van der Waals surface area contributed by atoms with Crippen molar-refractivity contribution in [1.82, 2.24) is 19.7 Å². The summed E-state index contributed by atoms with van der Waals surface area (Å²) in [4.78, 5) is 14.5. The van der Waals surface area contributed by atoms with Crippen molar-refractivity contribution >= 4 is 23.6 Å². The molecule has 1 amide bonds. The van der Waals surface area contributed by atoms with Crippen molar-refractivity contribution in [3.63, 3.8) is 0 Å². The lowest BCUT2D eigenvalue weighted by atomic mass is 9.98. The molecule has 118 valence electrons. The van der Waals surface area contributed by atoms with Gasteiger partial charge in [0.15, 0.2) is 5.16 Å². The highest BCUT2D eigenvalue weighted by Gasteiger charge is 2.29. The standard InChI is InChI=1S/C14H25N5OS/c1-9(2)18-13(15)16-17-14(18)21-8-12(20)19-10(3)6-5-7-11(19)4/h9-11H,5-8H2,1-4H3,(H2,15,16). The molecule has 1 aromatic heterocycles. The van der Waals surface area contributed by atoms with E-state index < -0.39 is 0 Å². The van der Waals surface area contributed by atoms with Gasteiger partial charge < -0.3 is 10.6 Å². The third kappa shape index (κ3) is 3.51. The number of likely N-dealkylation sites (tertiary alicyclic amines) is 1. The van der Waals surface area contributed by atoms with Crippen molar-refractivity contribution in [3.8, 4) is 0 Å². The average Bonchev–Trinajstić information content (AvgIpc) is 2.77. The third-order valence-electron chi connectivity index (χ3n) is 4.01. The van der Waals surface area contributed by atoms with E-state index in [1.165, 1.54) is 18.2 Å². The van der Waals surface area contributed by atoms with Crippen molar-refractivity contribution in [3.05, 3.63) is 0 Å². The molecule has 0 bridgehead atoms. The van der Waals surface area contributed by atoms with Crippen LogP contribution in [0, 0.1) is 0 Å². The van der Waals surface area contributed by atoms with Gasteiger partial charge in [-0.15, -0.1) is 10.2 Å². The average molecular weight is 311 g/mol. The molecule has 6 nitrogen and oxygen atoms in total. The van der Waals surface area contributed by atoms with E-state index in [4.69, 9.17) is 5.73 Å². The maximum Gasteiger partial charge on any atom is 0.233 e. The van der Waals surface area contributed by atoms with E-state index in [0.717, 1.165) is 12.8 Å². The van der Waals surface area contributed by atoms with Gasteiger partial charge in [-0.2, -0.15) is 0 Å². The number of anilines is 1. The number of hydrogen-bond donors (Lipinski definition) is 1. The Morgan fingerprint density at radius 3 is 2.52 bits per heavy atom. The highest BCUT2D eigenvalue weighted by molar-refractivity contribution is 7.99. The Kier molecular flexibility index (Phi) is 5.13. The molecule has 1 aromatic rings. The lowest BCUT2D eigenvalue weighted by Gasteiger charge is -2.39. The number of nitrogens with two attached hydrogens (primary N) is 1. The predicted molar refractivity (Wildman–Crippen MR) is 85.2 cm³/mol. The zero-order valence-corrected chi connectivity index (χ0v) is 14.1. The first kappa shape index (κ1) is 16.1. The molecule has 0 aromatic carbocycles. The minimum Gasteiger partial charge on any atom is -0.368 e. The van der Waals surface area contributed by atoms with Gasteiger partial charge in [0.1, 0.15) is 0 Å². The number of carbonyl (C=O) groups is 1. The van der Waals surface area contributed by atoms with E-state index in [1.807, 2.05) is 23.3 Å². The summed E-state index contributed by atoms with van der Waals surface area (Å²) >= 11 is 1.42.